The number of ether oxygens (including phenoxy) is 1. The minimum atomic E-state index is -0.0130. The molecule has 0 bridgehead atoms. The van der Waals surface area contributed by atoms with E-state index in [1.165, 1.54) is 0 Å². The summed E-state index contributed by atoms with van der Waals surface area (Å²) >= 11 is 1.67. The summed E-state index contributed by atoms with van der Waals surface area (Å²) in [6, 6.07) is 16.1. The smallest absolute Gasteiger partial charge is 0.225 e. The predicted molar refractivity (Wildman–Crippen MR) is 119 cm³/mol. The number of thiazole rings is 1. The molecule has 1 N–H and O–H groups in total. The molecule has 5 nitrogen and oxygen atoms in total. The topological polar surface area (TPSA) is 54.5 Å². The predicted octanol–water partition coefficient (Wildman–Crippen LogP) is 4.79. The molecule has 0 aliphatic carbocycles. The van der Waals surface area contributed by atoms with Gasteiger partial charge in [0, 0.05) is 13.1 Å². The van der Waals surface area contributed by atoms with E-state index < -0.39 is 0 Å². The number of nitrogens with one attached hydrogen (secondary N) is 1. The van der Waals surface area contributed by atoms with Gasteiger partial charge in [-0.1, -0.05) is 41.7 Å². The molecule has 29 heavy (non-hydrogen) atoms. The summed E-state index contributed by atoms with van der Waals surface area (Å²) in [5, 5.41) is 4.18. The van der Waals surface area contributed by atoms with Crippen molar-refractivity contribution in [1.29, 1.82) is 0 Å². The first-order valence-corrected chi connectivity index (χ1v) is 11.1. The minimum absolute atomic E-state index is 0.0125. The number of rotatable bonds is 6. The van der Waals surface area contributed by atoms with Gasteiger partial charge in [0.25, 0.3) is 0 Å². The van der Waals surface area contributed by atoms with E-state index in [1.807, 2.05) is 44.2 Å². The Balaban J connectivity index is 1.44. The lowest BCUT2D eigenvalue weighted by Gasteiger charge is -2.32. The van der Waals surface area contributed by atoms with Crippen LogP contribution in [0.3, 0.4) is 0 Å². The lowest BCUT2D eigenvalue weighted by Crippen LogP contribution is -2.43. The lowest BCUT2D eigenvalue weighted by molar-refractivity contribution is -0.125. The summed E-state index contributed by atoms with van der Waals surface area (Å²) < 4.78 is 6.72. The Morgan fingerprint density at radius 1 is 1.31 bits per heavy atom. The van der Waals surface area contributed by atoms with Crippen LogP contribution in [-0.2, 0) is 4.79 Å². The van der Waals surface area contributed by atoms with E-state index in [4.69, 9.17) is 9.72 Å². The van der Waals surface area contributed by atoms with Gasteiger partial charge in [-0.05, 0) is 50.5 Å². The van der Waals surface area contributed by atoms with Crippen LogP contribution < -0.4 is 15.0 Å². The number of carbonyl (C=O) groups is 1. The van der Waals surface area contributed by atoms with Gasteiger partial charge in [-0.2, -0.15) is 0 Å². The van der Waals surface area contributed by atoms with Crippen molar-refractivity contribution in [2.24, 2.45) is 5.92 Å². The average molecular weight is 410 g/mol. The third-order valence-electron chi connectivity index (χ3n) is 5.38. The number of anilines is 1. The molecule has 3 aromatic rings. The van der Waals surface area contributed by atoms with Crippen LogP contribution in [-0.4, -0.2) is 30.6 Å². The first-order chi connectivity index (χ1) is 14.1. The van der Waals surface area contributed by atoms with Crippen molar-refractivity contribution in [2.45, 2.75) is 32.7 Å². The Kier molecular flexibility index (Phi) is 6.00. The molecule has 2 heterocycles. The van der Waals surface area contributed by atoms with Crippen LogP contribution in [0.2, 0.25) is 0 Å². The molecular formula is C23H27N3O2S. The molecule has 0 radical (unpaired) electrons. The van der Waals surface area contributed by atoms with Crippen molar-refractivity contribution >= 4 is 32.6 Å². The molecule has 1 aliphatic heterocycles. The van der Waals surface area contributed by atoms with Gasteiger partial charge in [0.2, 0.25) is 5.91 Å². The first-order valence-electron chi connectivity index (χ1n) is 10.3. The summed E-state index contributed by atoms with van der Waals surface area (Å²) in [4.78, 5) is 19.9. The molecular weight excluding hydrogens is 382 g/mol. The quantitative estimate of drug-likeness (QED) is 0.636. The van der Waals surface area contributed by atoms with Crippen LogP contribution in [0.15, 0.2) is 48.5 Å². The number of carbonyl (C=O) groups excluding carboxylic acids is 1. The number of hydrogen-bond donors (Lipinski definition) is 1. The maximum Gasteiger partial charge on any atom is 0.225 e. The molecule has 2 atom stereocenters. The molecule has 0 spiro atoms. The van der Waals surface area contributed by atoms with E-state index in [1.54, 1.807) is 11.3 Å². The number of benzene rings is 2. The van der Waals surface area contributed by atoms with E-state index in [-0.39, 0.29) is 17.9 Å². The highest BCUT2D eigenvalue weighted by Gasteiger charge is 2.28. The van der Waals surface area contributed by atoms with Crippen molar-refractivity contribution in [3.05, 3.63) is 54.1 Å². The number of nitrogens with zero attached hydrogens (tertiary/aromatic N) is 2. The maximum atomic E-state index is 12.9. The van der Waals surface area contributed by atoms with E-state index >= 15 is 0 Å². The number of aromatic nitrogens is 1. The zero-order valence-corrected chi connectivity index (χ0v) is 17.7. The van der Waals surface area contributed by atoms with Crippen LogP contribution in [0.5, 0.6) is 5.75 Å². The standard InChI is InChI=1S/C23H27N3O2S/c1-3-28-19-11-12-20-21(14-19)29-23(25-20)26-13-7-10-18(15-26)22(27)24-16(2)17-8-5-4-6-9-17/h4-6,8-9,11-12,14,16,18H,3,7,10,13,15H2,1-2H3,(H,24,27)/t16-,18-/m1/s1. The highest BCUT2D eigenvalue weighted by Crippen LogP contribution is 2.33. The number of piperidine rings is 1. The number of hydrogen-bond acceptors (Lipinski definition) is 5. The molecule has 4 rings (SSSR count). The summed E-state index contributed by atoms with van der Waals surface area (Å²) in [5.74, 6) is 0.993. The minimum Gasteiger partial charge on any atom is -0.494 e. The van der Waals surface area contributed by atoms with Gasteiger partial charge in [0.1, 0.15) is 5.75 Å². The van der Waals surface area contributed by atoms with Gasteiger partial charge in [-0.15, -0.1) is 0 Å². The SMILES string of the molecule is CCOc1ccc2nc(N3CCC[C@@H](C(=O)N[C@H](C)c4ccccc4)C3)sc2c1. The molecule has 1 aromatic heterocycles. The second kappa shape index (κ2) is 8.82. The highest BCUT2D eigenvalue weighted by atomic mass is 32.1. The molecule has 2 aromatic carbocycles. The first kappa shape index (κ1) is 19.7. The molecule has 6 heteroatoms. The lowest BCUT2D eigenvalue weighted by atomic mass is 9.96. The van der Waals surface area contributed by atoms with Crippen LogP contribution >= 0.6 is 11.3 Å². The third-order valence-corrected chi connectivity index (χ3v) is 6.46. The summed E-state index contributed by atoms with van der Waals surface area (Å²) in [6.07, 6.45) is 1.92. The monoisotopic (exact) mass is 409 g/mol. The van der Waals surface area contributed by atoms with Gasteiger partial charge in [0.15, 0.2) is 5.13 Å². The summed E-state index contributed by atoms with van der Waals surface area (Å²) in [5.41, 5.74) is 2.11. The van der Waals surface area contributed by atoms with Crippen molar-refractivity contribution < 1.29 is 9.53 Å². The van der Waals surface area contributed by atoms with E-state index in [2.05, 4.69) is 28.4 Å². The Morgan fingerprint density at radius 3 is 2.93 bits per heavy atom. The largest absolute Gasteiger partial charge is 0.494 e. The Labute approximate surface area is 175 Å². The second-order valence-electron chi connectivity index (χ2n) is 7.49. The molecule has 1 saturated heterocycles. The normalized spacial score (nSPS) is 17.9. The Bertz CT molecular complexity index is 973. The number of fused-ring (bicyclic) bond motifs is 1. The van der Waals surface area contributed by atoms with Gasteiger partial charge < -0.3 is 15.0 Å². The maximum absolute atomic E-state index is 12.9. The molecule has 0 unspecified atom stereocenters. The Morgan fingerprint density at radius 2 is 2.14 bits per heavy atom. The van der Waals surface area contributed by atoms with Gasteiger partial charge >= 0.3 is 0 Å². The molecule has 1 fully saturated rings. The summed E-state index contributed by atoms with van der Waals surface area (Å²) in [6.45, 7) is 6.33. The fraction of sp³-hybridized carbons (Fsp3) is 0.391. The summed E-state index contributed by atoms with van der Waals surface area (Å²) in [7, 11) is 0. The van der Waals surface area contributed by atoms with Crippen molar-refractivity contribution in [2.75, 3.05) is 24.6 Å². The zero-order chi connectivity index (χ0) is 20.2. The zero-order valence-electron chi connectivity index (χ0n) is 16.9. The van der Waals surface area contributed by atoms with Crippen LogP contribution in [0.1, 0.15) is 38.3 Å². The third kappa shape index (κ3) is 4.53. The van der Waals surface area contributed by atoms with Crippen molar-refractivity contribution in [1.82, 2.24) is 10.3 Å². The van der Waals surface area contributed by atoms with Gasteiger partial charge in [-0.25, -0.2) is 4.98 Å². The van der Waals surface area contributed by atoms with Crippen LogP contribution in [0, 0.1) is 5.92 Å². The highest BCUT2D eigenvalue weighted by molar-refractivity contribution is 7.22. The van der Waals surface area contributed by atoms with E-state index in [0.717, 1.165) is 46.0 Å². The molecule has 152 valence electrons. The molecule has 1 amide bonds. The van der Waals surface area contributed by atoms with Crippen molar-refractivity contribution in [3.63, 3.8) is 0 Å². The van der Waals surface area contributed by atoms with Gasteiger partial charge in [-0.3, -0.25) is 4.79 Å². The van der Waals surface area contributed by atoms with Crippen LogP contribution in [0.25, 0.3) is 10.2 Å². The Hall–Kier alpha value is -2.60. The van der Waals surface area contributed by atoms with E-state index in [0.29, 0.717) is 13.2 Å². The second-order valence-corrected chi connectivity index (χ2v) is 8.49. The fourth-order valence-electron chi connectivity index (χ4n) is 3.81. The number of amides is 1. The van der Waals surface area contributed by atoms with Crippen molar-refractivity contribution in [3.8, 4) is 5.75 Å². The molecule has 0 saturated carbocycles. The molecule has 1 aliphatic rings. The fourth-order valence-corrected chi connectivity index (χ4v) is 4.83. The van der Waals surface area contributed by atoms with E-state index in [9.17, 15) is 4.79 Å². The van der Waals surface area contributed by atoms with Gasteiger partial charge in [0.05, 0.1) is 28.8 Å². The average Bonchev–Trinajstić information content (AvgIpc) is 3.18. The van der Waals surface area contributed by atoms with Crippen LogP contribution in [0.4, 0.5) is 5.13 Å².